The normalized spacial score (nSPS) is 11.6. The molecule has 0 aliphatic carbocycles. The Morgan fingerprint density at radius 1 is 1.45 bits per heavy atom. The van der Waals surface area contributed by atoms with Crippen LogP contribution in [0.2, 0.25) is 19.6 Å². The van der Waals surface area contributed by atoms with E-state index < -0.39 is 8.32 Å². The number of carbonyl (C=O) groups excluding carboxylic acids is 1. The van der Waals surface area contributed by atoms with Gasteiger partial charge in [-0.2, -0.15) is 0 Å². The van der Waals surface area contributed by atoms with Crippen LogP contribution in [0.1, 0.15) is 12.8 Å². The fourth-order valence-electron chi connectivity index (χ4n) is 0.590. The zero-order valence-corrected chi connectivity index (χ0v) is 9.07. The Morgan fingerprint density at radius 3 is 2.36 bits per heavy atom. The first kappa shape index (κ1) is 11.1. The molecular weight excluding hydrogens is 180 g/mol. The van der Waals surface area contributed by atoms with Crippen LogP contribution in [0, 0.1) is 0 Å². The Hall–Kier alpha value is 0.137. The van der Waals surface area contributed by atoms with E-state index >= 15 is 0 Å². The van der Waals surface area contributed by atoms with Crippen molar-refractivity contribution in [3.05, 3.63) is 0 Å². The maximum Gasteiger partial charge on any atom is 0.221 e. The first-order valence-electron chi connectivity index (χ1n) is 3.74. The monoisotopic (exact) mass is 194 g/mol. The highest BCUT2D eigenvalue weighted by molar-refractivity contribution is 6.69. The predicted molar refractivity (Wildman–Crippen MR) is 49.4 cm³/mol. The Balaban J connectivity index is 3.22. The Kier molecular flexibility index (Phi) is 4.96. The average Bonchev–Trinajstić information content (AvgIpc) is 1.78. The van der Waals surface area contributed by atoms with Crippen molar-refractivity contribution in [3.63, 3.8) is 0 Å². The van der Waals surface area contributed by atoms with Crippen molar-refractivity contribution in [1.82, 2.24) is 0 Å². The standard InChI is InChI=1S/C7H15ClO2Si/c1-11(2,3)10-6-4-5-7(8)9/h4-6H2,1-3H3. The molecule has 66 valence electrons. The van der Waals surface area contributed by atoms with Gasteiger partial charge in [0.15, 0.2) is 8.32 Å². The van der Waals surface area contributed by atoms with Crippen molar-refractivity contribution in [2.45, 2.75) is 32.5 Å². The van der Waals surface area contributed by atoms with Gasteiger partial charge in [0, 0.05) is 13.0 Å². The lowest BCUT2D eigenvalue weighted by Crippen LogP contribution is -2.25. The number of carbonyl (C=O) groups is 1. The van der Waals surface area contributed by atoms with Crippen LogP contribution in [0.25, 0.3) is 0 Å². The third-order valence-corrected chi connectivity index (χ3v) is 2.31. The number of hydrogen-bond acceptors (Lipinski definition) is 2. The first-order valence-corrected chi connectivity index (χ1v) is 7.53. The summed E-state index contributed by atoms with van der Waals surface area (Å²) in [6.07, 6.45) is 1.17. The van der Waals surface area contributed by atoms with E-state index in [4.69, 9.17) is 16.0 Å². The summed E-state index contributed by atoms with van der Waals surface area (Å²) in [7, 11) is -1.38. The maximum atomic E-state index is 10.3. The zero-order valence-electron chi connectivity index (χ0n) is 7.32. The topological polar surface area (TPSA) is 26.3 Å². The predicted octanol–water partition coefficient (Wildman–Crippen LogP) is 2.38. The van der Waals surface area contributed by atoms with Crippen LogP contribution < -0.4 is 0 Å². The molecule has 0 aromatic carbocycles. The second kappa shape index (κ2) is 4.90. The van der Waals surface area contributed by atoms with Gasteiger partial charge in [0.1, 0.15) is 0 Å². The molecule has 0 saturated carbocycles. The number of hydrogen-bond donors (Lipinski definition) is 0. The lowest BCUT2D eigenvalue weighted by atomic mass is 10.3. The molecule has 0 rings (SSSR count). The van der Waals surface area contributed by atoms with E-state index in [1.54, 1.807) is 0 Å². The van der Waals surface area contributed by atoms with Crippen LogP contribution in [0.3, 0.4) is 0 Å². The molecule has 0 bridgehead atoms. The largest absolute Gasteiger partial charge is 0.418 e. The van der Waals surface area contributed by atoms with Crippen LogP contribution in [-0.4, -0.2) is 20.2 Å². The van der Waals surface area contributed by atoms with E-state index in [-0.39, 0.29) is 5.24 Å². The lowest BCUT2D eigenvalue weighted by Gasteiger charge is -2.16. The van der Waals surface area contributed by atoms with Gasteiger partial charge < -0.3 is 4.43 Å². The molecule has 0 spiro atoms. The van der Waals surface area contributed by atoms with Gasteiger partial charge in [-0.25, -0.2) is 0 Å². The van der Waals surface area contributed by atoms with Crippen LogP contribution in [0.15, 0.2) is 0 Å². The van der Waals surface area contributed by atoms with Crippen molar-refractivity contribution in [2.75, 3.05) is 6.61 Å². The molecule has 0 aliphatic heterocycles. The first-order chi connectivity index (χ1) is 4.92. The van der Waals surface area contributed by atoms with Crippen LogP contribution in [-0.2, 0) is 9.22 Å². The van der Waals surface area contributed by atoms with Gasteiger partial charge >= 0.3 is 0 Å². The van der Waals surface area contributed by atoms with Crippen molar-refractivity contribution in [2.24, 2.45) is 0 Å². The number of rotatable bonds is 5. The third-order valence-electron chi connectivity index (χ3n) is 1.05. The molecule has 0 saturated heterocycles. The van der Waals surface area contributed by atoms with E-state index in [0.29, 0.717) is 13.0 Å². The van der Waals surface area contributed by atoms with Crippen molar-refractivity contribution in [3.8, 4) is 0 Å². The molecule has 11 heavy (non-hydrogen) atoms. The summed E-state index contributed by atoms with van der Waals surface area (Å²) in [6, 6.07) is 0. The molecule has 0 amide bonds. The minimum absolute atomic E-state index is 0.274. The van der Waals surface area contributed by atoms with Crippen LogP contribution >= 0.6 is 11.6 Å². The maximum absolute atomic E-state index is 10.3. The molecule has 0 fully saturated rings. The van der Waals surface area contributed by atoms with Crippen molar-refractivity contribution < 1.29 is 9.22 Å². The van der Waals surface area contributed by atoms with Gasteiger partial charge in [-0.15, -0.1) is 0 Å². The summed E-state index contributed by atoms with van der Waals surface area (Å²) in [4.78, 5) is 10.3. The molecule has 0 aromatic rings. The van der Waals surface area contributed by atoms with Gasteiger partial charge in [0.2, 0.25) is 5.24 Å². The van der Waals surface area contributed by atoms with Crippen molar-refractivity contribution >= 4 is 25.2 Å². The Bertz CT molecular complexity index is 131. The summed E-state index contributed by atoms with van der Waals surface area (Å²) < 4.78 is 5.51. The summed E-state index contributed by atoms with van der Waals surface area (Å²) in [5.41, 5.74) is 0. The molecule has 0 unspecified atom stereocenters. The molecule has 0 heterocycles. The highest BCUT2D eigenvalue weighted by Gasteiger charge is 2.13. The van der Waals surface area contributed by atoms with Gasteiger partial charge in [0.25, 0.3) is 0 Å². The van der Waals surface area contributed by atoms with Gasteiger partial charge in [-0.3, -0.25) is 4.79 Å². The quantitative estimate of drug-likeness (QED) is 0.382. The molecule has 0 atom stereocenters. The van der Waals surface area contributed by atoms with Gasteiger partial charge in [-0.05, 0) is 37.7 Å². The van der Waals surface area contributed by atoms with E-state index in [2.05, 4.69) is 19.6 Å². The SMILES string of the molecule is C[Si](C)(C)OCCCC(=O)Cl. The summed E-state index contributed by atoms with van der Waals surface area (Å²) >= 11 is 5.14. The smallest absolute Gasteiger partial charge is 0.221 e. The van der Waals surface area contributed by atoms with E-state index in [9.17, 15) is 4.79 Å². The van der Waals surface area contributed by atoms with Gasteiger partial charge in [-0.1, -0.05) is 0 Å². The van der Waals surface area contributed by atoms with Crippen LogP contribution in [0.4, 0.5) is 0 Å². The third kappa shape index (κ3) is 10.1. The molecule has 0 aliphatic rings. The number of halogens is 1. The molecule has 0 N–H and O–H groups in total. The van der Waals surface area contributed by atoms with E-state index in [0.717, 1.165) is 6.42 Å². The molecule has 4 heteroatoms. The molecular formula is C7H15ClO2Si. The highest BCUT2D eigenvalue weighted by Crippen LogP contribution is 2.04. The molecule has 0 aromatic heterocycles. The van der Waals surface area contributed by atoms with E-state index in [1.807, 2.05) is 0 Å². The minimum atomic E-state index is -1.38. The van der Waals surface area contributed by atoms with Gasteiger partial charge in [0.05, 0.1) is 0 Å². The second-order valence-corrected chi connectivity index (χ2v) is 8.35. The van der Waals surface area contributed by atoms with E-state index in [1.165, 1.54) is 0 Å². The highest BCUT2D eigenvalue weighted by atomic mass is 35.5. The average molecular weight is 195 g/mol. The fourth-order valence-corrected chi connectivity index (χ4v) is 1.48. The summed E-state index contributed by atoms with van der Waals surface area (Å²) in [5.74, 6) is 0. The molecule has 0 radical (unpaired) electrons. The zero-order chi connectivity index (χ0) is 8.91. The Morgan fingerprint density at radius 2 is 2.00 bits per heavy atom. The van der Waals surface area contributed by atoms with Crippen molar-refractivity contribution in [1.29, 1.82) is 0 Å². The fraction of sp³-hybridized carbons (Fsp3) is 0.857. The summed E-state index contributed by atoms with van der Waals surface area (Å²) in [5, 5.41) is -0.274. The molecule has 2 nitrogen and oxygen atoms in total. The summed E-state index contributed by atoms with van der Waals surface area (Å²) in [6.45, 7) is 7.02. The van der Waals surface area contributed by atoms with Crippen LogP contribution in [0.5, 0.6) is 0 Å². The minimum Gasteiger partial charge on any atom is -0.418 e. The lowest BCUT2D eigenvalue weighted by molar-refractivity contribution is -0.111. The second-order valence-electron chi connectivity index (χ2n) is 3.42. The Labute approximate surface area is 74.0 Å².